The summed E-state index contributed by atoms with van der Waals surface area (Å²) in [7, 11) is 0. The molecule has 1 saturated carbocycles. The van der Waals surface area contributed by atoms with Crippen molar-refractivity contribution in [3.63, 3.8) is 0 Å². The van der Waals surface area contributed by atoms with Gasteiger partial charge in [0.1, 0.15) is 11.5 Å². The average molecular weight is 274 g/mol. The molecule has 0 heterocycles. The van der Waals surface area contributed by atoms with Crippen LogP contribution in [0.3, 0.4) is 0 Å². The van der Waals surface area contributed by atoms with Gasteiger partial charge in [-0.2, -0.15) is 0 Å². The first-order chi connectivity index (χ1) is 9.31. The maximum atomic E-state index is 6.28. The maximum absolute atomic E-state index is 6.28. The highest BCUT2D eigenvalue weighted by Gasteiger charge is 2.20. The van der Waals surface area contributed by atoms with Crippen LogP contribution in [0, 0.1) is 0 Å². The molecule has 3 rings (SSSR count). The molecule has 2 aromatic carbocycles. The van der Waals surface area contributed by atoms with Gasteiger partial charge in [-0.25, -0.2) is 0 Å². The fourth-order valence-electron chi connectivity index (χ4n) is 1.90. The fraction of sp³-hybridized carbons (Fsp3) is 0.250. The number of nitrogens with one attached hydrogen (secondary N) is 1. The van der Waals surface area contributed by atoms with Gasteiger partial charge >= 0.3 is 0 Å². The van der Waals surface area contributed by atoms with Crippen molar-refractivity contribution in [2.45, 2.75) is 25.4 Å². The van der Waals surface area contributed by atoms with Crippen molar-refractivity contribution in [3.05, 3.63) is 59.1 Å². The molecule has 2 aromatic rings. The molecular formula is C16H16ClNO. The van der Waals surface area contributed by atoms with E-state index >= 15 is 0 Å². The largest absolute Gasteiger partial charge is 0.457 e. The minimum atomic E-state index is 0.691. The van der Waals surface area contributed by atoms with E-state index in [4.69, 9.17) is 16.3 Å². The predicted molar refractivity (Wildman–Crippen MR) is 77.8 cm³/mol. The standard InChI is InChI=1S/C16H16ClNO/c17-16-10-15(19-14-4-2-1-3-5-14)9-6-12(16)11-18-13-7-8-13/h1-6,9-10,13,18H,7-8,11H2. The van der Waals surface area contributed by atoms with Crippen LogP contribution in [-0.2, 0) is 6.54 Å². The van der Waals surface area contributed by atoms with Crippen LogP contribution in [0.1, 0.15) is 18.4 Å². The fourth-order valence-corrected chi connectivity index (χ4v) is 2.14. The monoisotopic (exact) mass is 273 g/mol. The Morgan fingerprint density at radius 2 is 1.84 bits per heavy atom. The van der Waals surface area contributed by atoms with Gasteiger partial charge in [-0.1, -0.05) is 35.9 Å². The highest BCUT2D eigenvalue weighted by Crippen LogP contribution is 2.27. The summed E-state index contributed by atoms with van der Waals surface area (Å²) in [6.45, 7) is 0.828. The van der Waals surface area contributed by atoms with E-state index < -0.39 is 0 Å². The van der Waals surface area contributed by atoms with Crippen molar-refractivity contribution < 1.29 is 4.74 Å². The molecule has 19 heavy (non-hydrogen) atoms. The van der Waals surface area contributed by atoms with E-state index in [-0.39, 0.29) is 0 Å². The first-order valence-corrected chi connectivity index (χ1v) is 6.94. The van der Waals surface area contributed by atoms with Crippen molar-refractivity contribution in [1.29, 1.82) is 0 Å². The molecule has 0 amide bonds. The van der Waals surface area contributed by atoms with Crippen molar-refractivity contribution in [2.24, 2.45) is 0 Å². The summed E-state index contributed by atoms with van der Waals surface area (Å²) in [6, 6.07) is 16.3. The van der Waals surface area contributed by atoms with Gasteiger partial charge < -0.3 is 10.1 Å². The van der Waals surface area contributed by atoms with Crippen molar-refractivity contribution in [1.82, 2.24) is 5.32 Å². The molecule has 0 aromatic heterocycles. The molecule has 0 radical (unpaired) electrons. The number of rotatable bonds is 5. The number of para-hydroxylation sites is 1. The minimum Gasteiger partial charge on any atom is -0.457 e. The molecular weight excluding hydrogens is 258 g/mol. The van der Waals surface area contributed by atoms with Gasteiger partial charge in [0.25, 0.3) is 0 Å². The second kappa shape index (κ2) is 5.64. The van der Waals surface area contributed by atoms with E-state index in [1.54, 1.807) is 0 Å². The number of hydrogen-bond donors (Lipinski definition) is 1. The second-order valence-corrected chi connectivity index (χ2v) is 5.23. The summed E-state index contributed by atoms with van der Waals surface area (Å²) in [5.74, 6) is 1.59. The van der Waals surface area contributed by atoms with Crippen LogP contribution >= 0.6 is 11.6 Å². The van der Waals surface area contributed by atoms with Crippen LogP contribution in [0.2, 0.25) is 5.02 Å². The van der Waals surface area contributed by atoms with E-state index in [9.17, 15) is 0 Å². The van der Waals surface area contributed by atoms with E-state index in [1.165, 1.54) is 12.8 Å². The quantitative estimate of drug-likeness (QED) is 0.873. The lowest BCUT2D eigenvalue weighted by molar-refractivity contribution is 0.482. The van der Waals surface area contributed by atoms with Crippen LogP contribution < -0.4 is 10.1 Å². The van der Waals surface area contributed by atoms with Gasteiger partial charge in [0.2, 0.25) is 0 Å². The summed E-state index contributed by atoms with van der Waals surface area (Å²) in [5, 5.41) is 4.21. The molecule has 98 valence electrons. The molecule has 0 bridgehead atoms. The lowest BCUT2D eigenvalue weighted by Crippen LogP contribution is -2.15. The van der Waals surface area contributed by atoms with Gasteiger partial charge in [-0.15, -0.1) is 0 Å². The molecule has 3 heteroatoms. The minimum absolute atomic E-state index is 0.691. The predicted octanol–water partition coefficient (Wildman–Crippen LogP) is 4.38. The lowest BCUT2D eigenvalue weighted by atomic mass is 10.2. The molecule has 1 aliphatic carbocycles. The number of hydrogen-bond acceptors (Lipinski definition) is 2. The summed E-state index contributed by atoms with van der Waals surface area (Å²) >= 11 is 6.28. The van der Waals surface area contributed by atoms with Crippen molar-refractivity contribution in [3.8, 4) is 11.5 Å². The average Bonchev–Trinajstić information content (AvgIpc) is 3.23. The third-order valence-corrected chi connectivity index (χ3v) is 3.51. The summed E-state index contributed by atoms with van der Waals surface area (Å²) in [4.78, 5) is 0. The van der Waals surface area contributed by atoms with E-state index in [1.807, 2.05) is 48.5 Å². The third-order valence-electron chi connectivity index (χ3n) is 3.16. The van der Waals surface area contributed by atoms with Crippen LogP contribution in [0.5, 0.6) is 11.5 Å². The highest BCUT2D eigenvalue weighted by molar-refractivity contribution is 6.31. The van der Waals surface area contributed by atoms with Gasteiger partial charge in [-0.05, 0) is 42.7 Å². The number of halogens is 1. The number of ether oxygens (including phenoxy) is 1. The van der Waals surface area contributed by atoms with E-state index in [0.717, 1.165) is 28.6 Å². The molecule has 0 unspecified atom stereocenters. The molecule has 0 saturated heterocycles. The maximum Gasteiger partial charge on any atom is 0.128 e. The Morgan fingerprint density at radius 3 is 2.53 bits per heavy atom. The molecule has 0 aliphatic heterocycles. The van der Waals surface area contributed by atoms with Crippen LogP contribution in [0.4, 0.5) is 0 Å². The Balaban J connectivity index is 1.67. The van der Waals surface area contributed by atoms with Crippen molar-refractivity contribution >= 4 is 11.6 Å². The third kappa shape index (κ3) is 3.49. The Kier molecular flexibility index (Phi) is 3.72. The molecule has 1 fully saturated rings. The molecule has 2 nitrogen and oxygen atoms in total. The van der Waals surface area contributed by atoms with E-state index in [2.05, 4.69) is 5.32 Å². The molecule has 1 N–H and O–H groups in total. The topological polar surface area (TPSA) is 21.3 Å². The molecule has 0 atom stereocenters. The Labute approximate surface area is 118 Å². The molecule has 1 aliphatic rings. The van der Waals surface area contributed by atoms with Gasteiger partial charge in [-0.3, -0.25) is 0 Å². The zero-order valence-electron chi connectivity index (χ0n) is 10.6. The zero-order chi connectivity index (χ0) is 13.1. The van der Waals surface area contributed by atoms with Crippen LogP contribution in [-0.4, -0.2) is 6.04 Å². The summed E-state index contributed by atoms with van der Waals surface area (Å²) in [6.07, 6.45) is 2.57. The van der Waals surface area contributed by atoms with E-state index in [0.29, 0.717) is 6.04 Å². The van der Waals surface area contributed by atoms with Crippen LogP contribution in [0.25, 0.3) is 0 Å². The van der Waals surface area contributed by atoms with Gasteiger partial charge in [0.15, 0.2) is 0 Å². The van der Waals surface area contributed by atoms with Gasteiger partial charge in [0, 0.05) is 17.6 Å². The van der Waals surface area contributed by atoms with Gasteiger partial charge in [0.05, 0.1) is 0 Å². The van der Waals surface area contributed by atoms with Crippen molar-refractivity contribution in [2.75, 3.05) is 0 Å². The molecule has 0 spiro atoms. The number of benzene rings is 2. The normalized spacial score (nSPS) is 14.4. The first kappa shape index (κ1) is 12.5. The Morgan fingerprint density at radius 1 is 1.05 bits per heavy atom. The smallest absolute Gasteiger partial charge is 0.128 e. The highest BCUT2D eigenvalue weighted by atomic mass is 35.5. The lowest BCUT2D eigenvalue weighted by Gasteiger charge is -2.09. The summed E-state index contributed by atoms with van der Waals surface area (Å²) < 4.78 is 5.75. The van der Waals surface area contributed by atoms with Crippen LogP contribution in [0.15, 0.2) is 48.5 Å². The zero-order valence-corrected chi connectivity index (χ0v) is 11.4. The first-order valence-electron chi connectivity index (χ1n) is 6.56. The second-order valence-electron chi connectivity index (χ2n) is 4.82. The Hall–Kier alpha value is -1.51. The Bertz CT molecular complexity index is 552. The summed E-state index contributed by atoms with van der Waals surface area (Å²) in [5.41, 5.74) is 1.12. The SMILES string of the molecule is Clc1cc(Oc2ccccc2)ccc1CNC1CC1.